The van der Waals surface area contributed by atoms with Crippen LogP contribution in [0, 0.1) is 0 Å². The van der Waals surface area contributed by atoms with E-state index >= 15 is 0 Å². The monoisotopic (exact) mass is 300 g/mol. The fourth-order valence-corrected chi connectivity index (χ4v) is 1.76. The van der Waals surface area contributed by atoms with Crippen molar-refractivity contribution in [2.24, 2.45) is 0 Å². The molecule has 95 valence electrons. The molecule has 0 bridgehead atoms. The minimum Gasteiger partial charge on any atom is -0.448 e. The predicted octanol–water partition coefficient (Wildman–Crippen LogP) is 3.52. The summed E-state index contributed by atoms with van der Waals surface area (Å²) in [6, 6.07) is 0. The first-order valence-electron chi connectivity index (χ1n) is 5.01. The van der Waals surface area contributed by atoms with Crippen LogP contribution in [0.5, 0.6) is 0 Å². The number of hydrogen-bond acceptors (Lipinski definition) is 4. The Bertz CT molecular complexity index is 161. The molecule has 0 saturated heterocycles. The number of carbonyl (C=O) groups is 1. The molecule has 1 radical (unpaired) electrons. The van der Waals surface area contributed by atoms with Gasteiger partial charge in [0.15, 0.2) is 0 Å². The molecule has 0 aromatic heterocycles. The van der Waals surface area contributed by atoms with E-state index in [9.17, 15) is 4.79 Å². The molecule has 0 atom stereocenters. The largest absolute Gasteiger partial charge is 0.448 e. The standard InChI is InChI=1S/C9H19NO2S2.Cu/c1-3-5-7-12-9(11)10(13)14-8-6-4-2;/h13H,3-8H2,1-2H3;. The summed E-state index contributed by atoms with van der Waals surface area (Å²) in [6.45, 7) is 4.66. The molecule has 0 aromatic carbocycles. The second-order valence-electron chi connectivity index (χ2n) is 2.93. The molecule has 0 unspecified atom stereocenters. The zero-order valence-electron chi connectivity index (χ0n) is 9.16. The average Bonchev–Trinajstić information content (AvgIpc) is 2.18. The Morgan fingerprint density at radius 2 is 1.93 bits per heavy atom. The Morgan fingerprint density at radius 1 is 1.33 bits per heavy atom. The van der Waals surface area contributed by atoms with E-state index in [-0.39, 0.29) is 23.2 Å². The van der Waals surface area contributed by atoms with Crippen molar-refractivity contribution >= 4 is 30.9 Å². The Balaban J connectivity index is 0. The van der Waals surface area contributed by atoms with Gasteiger partial charge in [0.05, 0.1) is 6.61 Å². The molecule has 0 N–H and O–H groups in total. The summed E-state index contributed by atoms with van der Waals surface area (Å²) in [5.74, 6) is 0.906. The predicted molar refractivity (Wildman–Crippen MR) is 64.4 cm³/mol. The van der Waals surface area contributed by atoms with Gasteiger partial charge in [-0.3, -0.25) is 0 Å². The van der Waals surface area contributed by atoms with Crippen molar-refractivity contribution in [1.82, 2.24) is 3.71 Å². The number of hydrogen-bond donors (Lipinski definition) is 1. The first-order chi connectivity index (χ1) is 6.72. The molecule has 0 saturated carbocycles. The van der Waals surface area contributed by atoms with Crippen LogP contribution in [0.1, 0.15) is 39.5 Å². The molecule has 0 aromatic rings. The number of rotatable bonds is 7. The molecular weight excluding hydrogens is 282 g/mol. The molecule has 0 heterocycles. The van der Waals surface area contributed by atoms with E-state index in [4.69, 9.17) is 4.74 Å². The van der Waals surface area contributed by atoms with Crippen LogP contribution in [0.15, 0.2) is 0 Å². The van der Waals surface area contributed by atoms with Gasteiger partial charge in [-0.05, 0) is 37.6 Å². The van der Waals surface area contributed by atoms with Crippen molar-refractivity contribution in [3.05, 3.63) is 0 Å². The van der Waals surface area contributed by atoms with Crippen molar-refractivity contribution < 1.29 is 26.6 Å². The third-order valence-corrected chi connectivity index (χ3v) is 2.97. The Morgan fingerprint density at radius 3 is 2.47 bits per heavy atom. The average molecular weight is 301 g/mol. The van der Waals surface area contributed by atoms with Crippen molar-refractivity contribution in [3.8, 4) is 0 Å². The number of ether oxygens (including phenoxy) is 1. The summed E-state index contributed by atoms with van der Waals surface area (Å²) in [7, 11) is 0. The van der Waals surface area contributed by atoms with Crippen molar-refractivity contribution in [1.29, 1.82) is 0 Å². The van der Waals surface area contributed by atoms with E-state index in [0.29, 0.717) is 6.61 Å². The van der Waals surface area contributed by atoms with Gasteiger partial charge in [0, 0.05) is 22.8 Å². The molecule has 0 aliphatic heterocycles. The number of nitrogens with zero attached hydrogens (tertiary/aromatic N) is 1. The number of unbranched alkanes of at least 4 members (excludes halogenated alkanes) is 2. The third kappa shape index (κ3) is 10.8. The summed E-state index contributed by atoms with van der Waals surface area (Å²) in [5.41, 5.74) is 0. The van der Waals surface area contributed by atoms with Crippen molar-refractivity contribution in [2.45, 2.75) is 39.5 Å². The molecule has 0 aliphatic rings. The molecular formula is C9H19CuNO2S2. The zero-order valence-corrected chi connectivity index (χ0v) is 11.8. The molecule has 0 rings (SSSR count). The van der Waals surface area contributed by atoms with Crippen molar-refractivity contribution in [3.63, 3.8) is 0 Å². The second kappa shape index (κ2) is 12.6. The quantitative estimate of drug-likeness (QED) is 0.338. The van der Waals surface area contributed by atoms with Gasteiger partial charge >= 0.3 is 6.09 Å². The summed E-state index contributed by atoms with van der Waals surface area (Å²) >= 11 is 5.41. The van der Waals surface area contributed by atoms with Crippen LogP contribution in [-0.4, -0.2) is 22.2 Å². The van der Waals surface area contributed by atoms with Crippen LogP contribution in [-0.2, 0) is 21.8 Å². The van der Waals surface area contributed by atoms with Crippen LogP contribution in [0.3, 0.4) is 0 Å². The van der Waals surface area contributed by atoms with Gasteiger partial charge in [0.25, 0.3) is 0 Å². The maximum atomic E-state index is 11.2. The van der Waals surface area contributed by atoms with Gasteiger partial charge < -0.3 is 4.74 Å². The fourth-order valence-electron chi connectivity index (χ4n) is 0.707. The van der Waals surface area contributed by atoms with Crippen LogP contribution in [0.25, 0.3) is 0 Å². The Hall–Kier alpha value is 0.489. The number of thiol groups is 1. The Labute approximate surface area is 113 Å². The van der Waals surface area contributed by atoms with E-state index in [0.717, 1.165) is 31.4 Å². The van der Waals surface area contributed by atoms with Gasteiger partial charge in [0.1, 0.15) is 0 Å². The zero-order chi connectivity index (χ0) is 10.8. The van der Waals surface area contributed by atoms with Crippen LogP contribution < -0.4 is 0 Å². The van der Waals surface area contributed by atoms with Gasteiger partial charge in [-0.1, -0.05) is 26.7 Å². The van der Waals surface area contributed by atoms with Crippen LogP contribution >= 0.6 is 24.8 Å². The fraction of sp³-hybridized carbons (Fsp3) is 0.889. The number of amides is 1. The SMILES string of the molecule is CCCCOC(=O)N(S)SCCCC.[Cu]. The first kappa shape index (κ1) is 17.9. The summed E-state index contributed by atoms with van der Waals surface area (Å²) < 4.78 is 6.23. The van der Waals surface area contributed by atoms with Gasteiger partial charge in [0.2, 0.25) is 0 Å². The smallest absolute Gasteiger partial charge is 0.430 e. The molecule has 0 fully saturated rings. The normalized spacial score (nSPS) is 9.27. The minimum absolute atomic E-state index is 0. The summed E-state index contributed by atoms with van der Waals surface area (Å²) in [5, 5.41) is 0. The topological polar surface area (TPSA) is 29.5 Å². The summed E-state index contributed by atoms with van der Waals surface area (Å²) in [6.07, 6.45) is 3.79. The van der Waals surface area contributed by atoms with Gasteiger partial charge in [-0.15, -0.1) is 0 Å². The number of carbonyl (C=O) groups excluding carboxylic acids is 1. The Kier molecular flexibility index (Phi) is 15.0. The minimum atomic E-state index is -0.358. The molecule has 6 heteroatoms. The molecule has 0 aliphatic carbocycles. The maximum absolute atomic E-state index is 11.2. The molecule has 1 amide bonds. The van der Waals surface area contributed by atoms with Crippen molar-refractivity contribution in [2.75, 3.05) is 12.4 Å². The molecule has 3 nitrogen and oxygen atoms in total. The summed E-state index contributed by atoms with van der Waals surface area (Å²) in [4.78, 5) is 11.2. The first-order valence-corrected chi connectivity index (χ1v) is 6.35. The van der Waals surface area contributed by atoms with E-state index in [1.807, 2.05) is 0 Å². The van der Waals surface area contributed by atoms with Crippen LogP contribution in [0.4, 0.5) is 4.79 Å². The van der Waals surface area contributed by atoms with E-state index in [2.05, 4.69) is 26.7 Å². The van der Waals surface area contributed by atoms with E-state index in [1.54, 1.807) is 0 Å². The molecule has 0 spiro atoms. The van der Waals surface area contributed by atoms with Crippen LogP contribution in [0.2, 0.25) is 0 Å². The second-order valence-corrected chi connectivity index (χ2v) is 4.63. The van der Waals surface area contributed by atoms with Gasteiger partial charge in [-0.2, -0.15) is 3.71 Å². The molecule has 15 heavy (non-hydrogen) atoms. The maximum Gasteiger partial charge on any atom is 0.430 e. The van der Waals surface area contributed by atoms with E-state index < -0.39 is 0 Å². The third-order valence-electron chi connectivity index (χ3n) is 1.59. The van der Waals surface area contributed by atoms with E-state index in [1.165, 1.54) is 15.7 Å². The van der Waals surface area contributed by atoms with Gasteiger partial charge in [-0.25, -0.2) is 4.79 Å².